The van der Waals surface area contributed by atoms with Crippen LogP contribution in [0.15, 0.2) is 41.7 Å². The van der Waals surface area contributed by atoms with E-state index in [0.29, 0.717) is 5.56 Å². The van der Waals surface area contributed by atoms with Crippen molar-refractivity contribution in [2.45, 2.75) is 31.9 Å². The molecule has 1 heterocycles. The van der Waals surface area contributed by atoms with Gasteiger partial charge in [0.05, 0.1) is 12.3 Å². The summed E-state index contributed by atoms with van der Waals surface area (Å²) < 4.78 is 40.9. The molecule has 1 aromatic carbocycles. The minimum Gasteiger partial charge on any atom is -0.406 e. The zero-order valence-corrected chi connectivity index (χ0v) is 13.9. The lowest BCUT2D eigenvalue weighted by atomic mass is 10.1. The van der Waals surface area contributed by atoms with Crippen molar-refractivity contribution >= 4 is 18.0 Å². The summed E-state index contributed by atoms with van der Waals surface area (Å²) in [4.78, 5) is 27.9. The largest absolute Gasteiger partial charge is 0.573 e. The molecule has 0 saturated heterocycles. The normalized spacial score (nSPS) is 20.0. The lowest BCUT2D eigenvalue weighted by molar-refractivity contribution is -0.274. The number of alkyl halides is 3. The predicted molar refractivity (Wildman–Crippen MR) is 87.0 cm³/mol. The van der Waals surface area contributed by atoms with Gasteiger partial charge < -0.3 is 20.7 Å². The zero-order chi connectivity index (χ0) is 19.4. The van der Waals surface area contributed by atoms with Crippen molar-refractivity contribution in [2.75, 3.05) is 0 Å². The quantitative estimate of drug-likeness (QED) is 0.736. The molecule has 0 fully saturated rings. The van der Waals surface area contributed by atoms with Crippen molar-refractivity contribution < 1.29 is 27.5 Å². The van der Waals surface area contributed by atoms with Crippen LogP contribution in [0, 0.1) is 0 Å². The zero-order valence-electron chi connectivity index (χ0n) is 13.9. The van der Waals surface area contributed by atoms with Crippen molar-refractivity contribution in [1.82, 2.24) is 16.0 Å². The number of benzene rings is 1. The number of ether oxygens (including phenoxy) is 1. The molecule has 0 spiro atoms. The first-order valence-electron chi connectivity index (χ1n) is 7.54. The molecule has 0 radical (unpaired) electrons. The maximum atomic E-state index is 12.6. The minimum atomic E-state index is -4.81. The SMILES string of the molecule is CC(=O)NC1(C(=O)NC(C)c2cccc(OC(F)(F)F)c2)C=NC=CN1. The van der Waals surface area contributed by atoms with Crippen LogP contribution in [0.4, 0.5) is 13.2 Å². The van der Waals surface area contributed by atoms with Crippen molar-refractivity contribution in [3.05, 3.63) is 42.2 Å². The molecule has 2 unspecified atom stereocenters. The Hall–Kier alpha value is -3.04. The van der Waals surface area contributed by atoms with Crippen LogP contribution in [0.1, 0.15) is 25.5 Å². The molecule has 3 N–H and O–H groups in total. The first kappa shape index (κ1) is 19.3. The fourth-order valence-electron chi connectivity index (χ4n) is 2.31. The van der Waals surface area contributed by atoms with Gasteiger partial charge in [-0.1, -0.05) is 12.1 Å². The van der Waals surface area contributed by atoms with Crippen molar-refractivity contribution in [1.29, 1.82) is 0 Å². The molecule has 7 nitrogen and oxygen atoms in total. The summed E-state index contributed by atoms with van der Waals surface area (Å²) in [6.45, 7) is 2.83. The second kappa shape index (κ2) is 7.46. The van der Waals surface area contributed by atoms with Crippen molar-refractivity contribution in [3.63, 3.8) is 0 Å². The molecule has 0 aromatic heterocycles. The number of nitrogens with one attached hydrogen (secondary N) is 3. The topological polar surface area (TPSA) is 91.8 Å². The van der Waals surface area contributed by atoms with E-state index in [-0.39, 0.29) is 0 Å². The third kappa shape index (κ3) is 4.98. The molecule has 2 rings (SSSR count). The maximum Gasteiger partial charge on any atom is 0.573 e. The molecule has 0 aliphatic carbocycles. The summed E-state index contributed by atoms with van der Waals surface area (Å²) >= 11 is 0. The highest BCUT2D eigenvalue weighted by Gasteiger charge is 2.38. The molecule has 10 heteroatoms. The van der Waals surface area contributed by atoms with E-state index in [2.05, 4.69) is 25.7 Å². The standard InChI is InChI=1S/C16H17F3N4O3/c1-10(12-4-3-5-13(8-12)26-16(17,18)19)22-14(25)15(23-11(2)24)9-20-6-7-21-15/h3-10,21H,1-2H3,(H,22,25)(H,23,24). The molecular formula is C16H17F3N4O3. The van der Waals surface area contributed by atoms with Crippen LogP contribution in [0.3, 0.4) is 0 Å². The van der Waals surface area contributed by atoms with Crippen LogP contribution in [0.5, 0.6) is 5.75 Å². The molecule has 0 bridgehead atoms. The number of halogens is 3. The summed E-state index contributed by atoms with van der Waals surface area (Å²) in [7, 11) is 0. The van der Waals surface area contributed by atoms with Gasteiger partial charge in [0.1, 0.15) is 5.75 Å². The Morgan fingerprint density at radius 3 is 2.65 bits per heavy atom. The van der Waals surface area contributed by atoms with E-state index in [1.165, 1.54) is 37.7 Å². The molecule has 2 atom stereocenters. The average molecular weight is 370 g/mol. The van der Waals surface area contributed by atoms with E-state index in [0.717, 1.165) is 6.07 Å². The van der Waals surface area contributed by atoms with Gasteiger partial charge >= 0.3 is 6.36 Å². The lowest BCUT2D eigenvalue weighted by Crippen LogP contribution is -2.67. The molecule has 0 saturated carbocycles. The number of rotatable bonds is 5. The maximum absolute atomic E-state index is 12.6. The Morgan fingerprint density at radius 2 is 2.08 bits per heavy atom. The molecule has 1 aliphatic heterocycles. The highest BCUT2D eigenvalue weighted by atomic mass is 19.4. The highest BCUT2D eigenvalue weighted by molar-refractivity contribution is 6.06. The summed E-state index contributed by atoms with van der Waals surface area (Å²) in [6.07, 6.45) is -0.804. The fourth-order valence-corrected chi connectivity index (χ4v) is 2.31. The number of aliphatic imine (C=N–C) groups is 1. The number of nitrogens with zero attached hydrogens (tertiary/aromatic N) is 1. The van der Waals surface area contributed by atoms with Crippen LogP contribution in [0.2, 0.25) is 0 Å². The Bertz CT molecular complexity index is 749. The van der Waals surface area contributed by atoms with Crippen molar-refractivity contribution in [3.8, 4) is 5.75 Å². The number of carbonyl (C=O) groups is 2. The van der Waals surface area contributed by atoms with E-state index >= 15 is 0 Å². The first-order valence-corrected chi connectivity index (χ1v) is 7.54. The van der Waals surface area contributed by atoms with Crippen LogP contribution in [0.25, 0.3) is 0 Å². The summed E-state index contributed by atoms with van der Waals surface area (Å²) in [6, 6.07) is 4.59. The van der Waals surface area contributed by atoms with Gasteiger partial charge in [-0.25, -0.2) is 0 Å². The molecular weight excluding hydrogens is 353 g/mol. The minimum absolute atomic E-state index is 0.390. The van der Waals surface area contributed by atoms with Gasteiger partial charge in [0.2, 0.25) is 11.6 Å². The van der Waals surface area contributed by atoms with Crippen LogP contribution in [-0.2, 0) is 9.59 Å². The highest BCUT2D eigenvalue weighted by Crippen LogP contribution is 2.25. The first-order chi connectivity index (χ1) is 12.1. The van der Waals surface area contributed by atoms with Crippen LogP contribution in [-0.4, -0.2) is 30.1 Å². The third-order valence-corrected chi connectivity index (χ3v) is 3.41. The Morgan fingerprint density at radius 1 is 1.35 bits per heavy atom. The predicted octanol–water partition coefficient (Wildman–Crippen LogP) is 1.74. The van der Waals surface area contributed by atoms with E-state index in [9.17, 15) is 22.8 Å². The van der Waals surface area contributed by atoms with Gasteiger partial charge in [-0.05, 0) is 24.6 Å². The number of hydrogen-bond acceptors (Lipinski definition) is 5. The van der Waals surface area contributed by atoms with Gasteiger partial charge in [-0.3, -0.25) is 14.6 Å². The number of amides is 2. The molecule has 1 aromatic rings. The monoisotopic (exact) mass is 370 g/mol. The molecule has 2 amide bonds. The third-order valence-electron chi connectivity index (χ3n) is 3.41. The van der Waals surface area contributed by atoms with Crippen LogP contribution >= 0.6 is 0 Å². The van der Waals surface area contributed by atoms with E-state index < -0.39 is 35.6 Å². The summed E-state index contributed by atoms with van der Waals surface area (Å²) in [5.74, 6) is -1.49. The van der Waals surface area contributed by atoms with Crippen molar-refractivity contribution in [2.24, 2.45) is 4.99 Å². The van der Waals surface area contributed by atoms with Gasteiger partial charge in [0.15, 0.2) is 0 Å². The smallest absolute Gasteiger partial charge is 0.406 e. The Labute approximate surface area is 147 Å². The van der Waals surface area contributed by atoms with E-state index in [1.807, 2.05) is 0 Å². The second-order valence-electron chi connectivity index (χ2n) is 5.54. The van der Waals surface area contributed by atoms with E-state index in [4.69, 9.17) is 0 Å². The lowest BCUT2D eigenvalue weighted by Gasteiger charge is -2.32. The number of hydrogen-bond donors (Lipinski definition) is 3. The second-order valence-corrected chi connectivity index (χ2v) is 5.54. The van der Waals surface area contributed by atoms with Gasteiger partial charge in [0, 0.05) is 19.3 Å². The van der Waals surface area contributed by atoms with Crippen LogP contribution < -0.4 is 20.7 Å². The molecule has 26 heavy (non-hydrogen) atoms. The molecule has 140 valence electrons. The van der Waals surface area contributed by atoms with Gasteiger partial charge in [-0.15, -0.1) is 13.2 Å². The summed E-state index contributed by atoms with van der Waals surface area (Å²) in [5.41, 5.74) is -1.20. The average Bonchev–Trinajstić information content (AvgIpc) is 2.53. The molecule has 1 aliphatic rings. The van der Waals surface area contributed by atoms with E-state index in [1.54, 1.807) is 13.0 Å². The van der Waals surface area contributed by atoms with Gasteiger partial charge in [-0.2, -0.15) is 0 Å². The summed E-state index contributed by atoms with van der Waals surface area (Å²) in [5, 5.41) is 7.80. The van der Waals surface area contributed by atoms with Gasteiger partial charge in [0.25, 0.3) is 5.91 Å². The fraction of sp³-hybridized carbons (Fsp3) is 0.312. The Balaban J connectivity index is 2.15. The Kier molecular flexibility index (Phi) is 5.53. The number of carbonyl (C=O) groups excluding carboxylic acids is 2.